The lowest BCUT2D eigenvalue weighted by Gasteiger charge is -2.26. The molecule has 0 amide bonds. The molecular weight excluding hydrogens is 387 g/mol. The van der Waals surface area contributed by atoms with Crippen LogP contribution in [0.3, 0.4) is 0 Å². The molecule has 0 aliphatic rings. The summed E-state index contributed by atoms with van der Waals surface area (Å²) >= 11 is 0. The van der Waals surface area contributed by atoms with Gasteiger partial charge < -0.3 is 4.90 Å². The van der Waals surface area contributed by atoms with Gasteiger partial charge in [0.25, 0.3) is 0 Å². The Balaban J connectivity index is 1.96. The summed E-state index contributed by atoms with van der Waals surface area (Å²) in [7, 11) is -3.83. The van der Waals surface area contributed by atoms with E-state index in [4.69, 9.17) is 5.14 Å². The fourth-order valence-electron chi connectivity index (χ4n) is 3.16. The SMILES string of the molecule is CC(C)c1ccc(CN(Cc2ccccc2F)c2cccc(S(N)(=O)=O)c2)cc1. The summed E-state index contributed by atoms with van der Waals surface area (Å²) < 4.78 is 37.8. The number of halogens is 1. The van der Waals surface area contributed by atoms with E-state index in [2.05, 4.69) is 26.0 Å². The first-order valence-corrected chi connectivity index (χ1v) is 11.0. The third kappa shape index (κ3) is 5.43. The molecule has 3 aromatic rings. The first kappa shape index (κ1) is 21.0. The highest BCUT2D eigenvalue weighted by Crippen LogP contribution is 2.24. The number of anilines is 1. The molecule has 0 aliphatic heterocycles. The Morgan fingerprint density at radius 3 is 2.24 bits per heavy atom. The van der Waals surface area contributed by atoms with Crippen molar-refractivity contribution in [3.8, 4) is 0 Å². The van der Waals surface area contributed by atoms with Gasteiger partial charge in [0.1, 0.15) is 5.82 Å². The predicted octanol–water partition coefficient (Wildman–Crippen LogP) is 4.80. The summed E-state index contributed by atoms with van der Waals surface area (Å²) in [4.78, 5) is 1.97. The van der Waals surface area contributed by atoms with Crippen LogP contribution in [0.5, 0.6) is 0 Å². The second kappa shape index (κ2) is 8.76. The molecule has 3 rings (SSSR count). The molecular formula is C23H25FN2O2S. The van der Waals surface area contributed by atoms with E-state index in [0.717, 1.165) is 5.56 Å². The van der Waals surface area contributed by atoms with Crippen LogP contribution in [0, 0.1) is 5.82 Å². The van der Waals surface area contributed by atoms with Crippen LogP contribution in [-0.4, -0.2) is 8.42 Å². The normalized spacial score (nSPS) is 11.6. The van der Waals surface area contributed by atoms with Crippen LogP contribution in [-0.2, 0) is 23.1 Å². The molecule has 0 bridgehead atoms. The zero-order chi connectivity index (χ0) is 21.0. The van der Waals surface area contributed by atoms with Crippen molar-refractivity contribution in [2.75, 3.05) is 4.90 Å². The molecule has 0 spiro atoms. The number of primary sulfonamides is 1. The van der Waals surface area contributed by atoms with Crippen molar-refractivity contribution in [1.82, 2.24) is 0 Å². The van der Waals surface area contributed by atoms with Crippen molar-refractivity contribution in [2.24, 2.45) is 5.14 Å². The van der Waals surface area contributed by atoms with Crippen molar-refractivity contribution in [3.63, 3.8) is 0 Å². The minimum absolute atomic E-state index is 0.0312. The van der Waals surface area contributed by atoms with Crippen LogP contribution in [0.2, 0.25) is 0 Å². The molecule has 0 unspecified atom stereocenters. The smallest absolute Gasteiger partial charge is 0.238 e. The summed E-state index contributed by atoms with van der Waals surface area (Å²) in [5.41, 5.74) is 3.48. The molecule has 0 atom stereocenters. The Hall–Kier alpha value is -2.70. The van der Waals surface area contributed by atoms with E-state index in [0.29, 0.717) is 30.3 Å². The van der Waals surface area contributed by atoms with Crippen LogP contribution < -0.4 is 10.0 Å². The van der Waals surface area contributed by atoms with Gasteiger partial charge in [0.05, 0.1) is 4.90 Å². The average molecular weight is 413 g/mol. The highest BCUT2D eigenvalue weighted by molar-refractivity contribution is 7.89. The lowest BCUT2D eigenvalue weighted by atomic mass is 10.0. The van der Waals surface area contributed by atoms with Crippen LogP contribution in [0.4, 0.5) is 10.1 Å². The number of hydrogen-bond acceptors (Lipinski definition) is 3. The molecule has 3 aromatic carbocycles. The Morgan fingerprint density at radius 1 is 0.931 bits per heavy atom. The zero-order valence-corrected chi connectivity index (χ0v) is 17.4. The topological polar surface area (TPSA) is 63.4 Å². The van der Waals surface area contributed by atoms with E-state index >= 15 is 0 Å². The maximum atomic E-state index is 14.3. The molecule has 2 N–H and O–H groups in total. The molecule has 6 heteroatoms. The minimum atomic E-state index is -3.83. The maximum absolute atomic E-state index is 14.3. The first-order chi connectivity index (χ1) is 13.7. The average Bonchev–Trinajstić information content (AvgIpc) is 2.69. The van der Waals surface area contributed by atoms with E-state index in [9.17, 15) is 12.8 Å². The standard InChI is InChI=1S/C23H25FN2O2S/c1-17(2)19-12-10-18(11-13-19)15-26(16-20-6-3-4-9-23(20)24)21-7-5-8-22(14-21)29(25,27)28/h3-14,17H,15-16H2,1-2H3,(H2,25,27,28). The van der Waals surface area contributed by atoms with Crippen LogP contribution >= 0.6 is 0 Å². The quantitative estimate of drug-likeness (QED) is 0.606. The number of sulfonamides is 1. The minimum Gasteiger partial charge on any atom is -0.363 e. The number of nitrogens with zero attached hydrogens (tertiary/aromatic N) is 1. The Bertz CT molecular complexity index is 1080. The summed E-state index contributed by atoms with van der Waals surface area (Å²) in [6.07, 6.45) is 0. The largest absolute Gasteiger partial charge is 0.363 e. The van der Waals surface area contributed by atoms with Crippen LogP contribution in [0.25, 0.3) is 0 Å². The van der Waals surface area contributed by atoms with Gasteiger partial charge in [-0.25, -0.2) is 17.9 Å². The van der Waals surface area contributed by atoms with Gasteiger partial charge in [0, 0.05) is 24.3 Å². The predicted molar refractivity (Wildman–Crippen MR) is 115 cm³/mol. The Kier molecular flexibility index (Phi) is 6.35. The molecule has 0 fully saturated rings. The van der Waals surface area contributed by atoms with Gasteiger partial charge in [0.2, 0.25) is 10.0 Å². The molecule has 0 radical (unpaired) electrons. The van der Waals surface area contributed by atoms with Gasteiger partial charge in [-0.3, -0.25) is 0 Å². The van der Waals surface area contributed by atoms with Crippen molar-refractivity contribution >= 4 is 15.7 Å². The molecule has 0 aliphatic carbocycles. The van der Waals surface area contributed by atoms with Crippen molar-refractivity contribution < 1.29 is 12.8 Å². The van der Waals surface area contributed by atoms with Gasteiger partial charge in [-0.05, 0) is 41.3 Å². The molecule has 0 saturated carbocycles. The number of rotatable bonds is 7. The monoisotopic (exact) mass is 412 g/mol. The van der Waals surface area contributed by atoms with Gasteiger partial charge in [-0.2, -0.15) is 0 Å². The fraction of sp³-hybridized carbons (Fsp3) is 0.217. The van der Waals surface area contributed by atoms with Crippen molar-refractivity contribution in [3.05, 3.63) is 95.3 Å². The lowest BCUT2D eigenvalue weighted by molar-refractivity contribution is 0.597. The molecule has 29 heavy (non-hydrogen) atoms. The molecule has 0 heterocycles. The number of nitrogens with two attached hydrogens (primary N) is 1. The van der Waals surface area contributed by atoms with Gasteiger partial charge in [0.15, 0.2) is 0 Å². The Labute approximate surface area is 171 Å². The lowest BCUT2D eigenvalue weighted by Crippen LogP contribution is -2.23. The maximum Gasteiger partial charge on any atom is 0.238 e. The second-order valence-corrected chi connectivity index (χ2v) is 8.95. The van der Waals surface area contributed by atoms with Gasteiger partial charge >= 0.3 is 0 Å². The highest BCUT2D eigenvalue weighted by Gasteiger charge is 2.15. The van der Waals surface area contributed by atoms with Gasteiger partial charge in [-0.15, -0.1) is 0 Å². The summed E-state index contributed by atoms with van der Waals surface area (Å²) in [5.74, 6) is 0.139. The zero-order valence-electron chi connectivity index (χ0n) is 16.5. The van der Waals surface area contributed by atoms with E-state index in [-0.39, 0.29) is 10.7 Å². The summed E-state index contributed by atoms with van der Waals surface area (Å²) in [6, 6.07) is 21.3. The second-order valence-electron chi connectivity index (χ2n) is 7.39. The summed E-state index contributed by atoms with van der Waals surface area (Å²) in [5, 5.41) is 5.29. The first-order valence-electron chi connectivity index (χ1n) is 9.44. The van der Waals surface area contributed by atoms with E-state index in [1.807, 2.05) is 17.0 Å². The Morgan fingerprint density at radius 2 is 1.62 bits per heavy atom. The highest BCUT2D eigenvalue weighted by atomic mass is 32.2. The van der Waals surface area contributed by atoms with Crippen LogP contribution in [0.1, 0.15) is 36.5 Å². The third-order valence-electron chi connectivity index (χ3n) is 4.85. The van der Waals surface area contributed by atoms with E-state index in [1.54, 1.807) is 30.3 Å². The molecule has 0 saturated heterocycles. The van der Waals surface area contributed by atoms with E-state index < -0.39 is 10.0 Å². The van der Waals surface area contributed by atoms with Gasteiger partial charge in [-0.1, -0.05) is 62.4 Å². The molecule has 4 nitrogen and oxygen atoms in total. The fourth-order valence-corrected chi connectivity index (χ4v) is 3.71. The van der Waals surface area contributed by atoms with Crippen LogP contribution in [0.15, 0.2) is 77.7 Å². The van der Waals surface area contributed by atoms with E-state index in [1.165, 1.54) is 23.8 Å². The van der Waals surface area contributed by atoms with Crippen molar-refractivity contribution in [1.29, 1.82) is 0 Å². The summed E-state index contributed by atoms with van der Waals surface area (Å²) in [6.45, 7) is 5.07. The third-order valence-corrected chi connectivity index (χ3v) is 5.76. The molecule has 152 valence electrons. The number of benzene rings is 3. The van der Waals surface area contributed by atoms with Crippen molar-refractivity contribution in [2.45, 2.75) is 37.8 Å². The number of hydrogen-bond donors (Lipinski definition) is 1. The molecule has 0 aromatic heterocycles.